The van der Waals surface area contributed by atoms with Crippen molar-refractivity contribution in [3.8, 4) is 0 Å². The van der Waals surface area contributed by atoms with E-state index in [1.807, 2.05) is 6.92 Å². The lowest BCUT2D eigenvalue weighted by Crippen LogP contribution is -2.41. The van der Waals surface area contributed by atoms with Crippen molar-refractivity contribution >= 4 is 5.91 Å². The molecule has 1 aliphatic rings. The molecule has 2 rings (SSSR count). The molecule has 1 amide bonds. The summed E-state index contributed by atoms with van der Waals surface area (Å²) in [5.74, 6) is 0.0315. The van der Waals surface area contributed by atoms with Gasteiger partial charge in [-0.15, -0.1) is 0 Å². The fourth-order valence-corrected chi connectivity index (χ4v) is 3.02. The fraction of sp³-hybridized carbons (Fsp3) is 0.562. The molecule has 4 heteroatoms. The molecule has 1 aromatic rings. The summed E-state index contributed by atoms with van der Waals surface area (Å²) < 4.78 is 0. The minimum Gasteiger partial charge on any atom is -0.395 e. The molecule has 0 aromatic heterocycles. The predicted molar refractivity (Wildman–Crippen MR) is 79.5 cm³/mol. The van der Waals surface area contributed by atoms with Crippen LogP contribution in [0.3, 0.4) is 0 Å². The van der Waals surface area contributed by atoms with E-state index in [9.17, 15) is 9.90 Å². The van der Waals surface area contributed by atoms with E-state index < -0.39 is 0 Å². The highest BCUT2D eigenvalue weighted by molar-refractivity contribution is 5.78. The molecule has 4 nitrogen and oxygen atoms in total. The van der Waals surface area contributed by atoms with Crippen molar-refractivity contribution in [3.63, 3.8) is 0 Å². The number of amides is 1. The van der Waals surface area contributed by atoms with Crippen LogP contribution in [0.15, 0.2) is 24.3 Å². The first-order valence-corrected chi connectivity index (χ1v) is 7.45. The first-order chi connectivity index (χ1) is 9.76. The zero-order valence-corrected chi connectivity index (χ0v) is 12.1. The third-order valence-corrected chi connectivity index (χ3v) is 3.89. The maximum absolute atomic E-state index is 11.8. The van der Waals surface area contributed by atoms with E-state index >= 15 is 0 Å². The number of likely N-dealkylation sites (N-methyl/N-ethyl adjacent to an activating group) is 1. The molecule has 0 heterocycles. The van der Waals surface area contributed by atoms with Crippen LogP contribution in [0, 0.1) is 0 Å². The lowest BCUT2D eigenvalue weighted by molar-refractivity contribution is -0.123. The number of aliphatic hydroxyl groups is 1. The maximum Gasteiger partial charge on any atom is 0.234 e. The molecule has 0 fully saturated rings. The fourth-order valence-electron chi connectivity index (χ4n) is 3.02. The van der Waals surface area contributed by atoms with Crippen LogP contribution >= 0.6 is 0 Å². The van der Waals surface area contributed by atoms with E-state index in [-0.39, 0.29) is 18.6 Å². The molecular weight excluding hydrogens is 252 g/mol. The van der Waals surface area contributed by atoms with Crippen LogP contribution in [0.2, 0.25) is 0 Å². The minimum absolute atomic E-state index is 0.0315. The zero-order valence-electron chi connectivity index (χ0n) is 12.1. The summed E-state index contributed by atoms with van der Waals surface area (Å²) >= 11 is 0. The number of benzene rings is 1. The second-order valence-electron chi connectivity index (χ2n) is 5.25. The molecule has 1 aromatic carbocycles. The van der Waals surface area contributed by atoms with Crippen molar-refractivity contribution in [2.75, 3.05) is 26.2 Å². The Morgan fingerprint density at radius 2 is 2.25 bits per heavy atom. The predicted octanol–water partition coefficient (Wildman–Crippen LogP) is 1.49. The molecule has 1 aliphatic carbocycles. The number of nitrogens with zero attached hydrogens (tertiary/aromatic N) is 1. The molecular formula is C16H24N2O2. The number of aliphatic hydroxyl groups excluding tert-OH is 1. The monoisotopic (exact) mass is 276 g/mol. The molecule has 20 heavy (non-hydrogen) atoms. The number of hydrogen-bond donors (Lipinski definition) is 2. The SMILES string of the molecule is CCNC(=O)CN(CCO)C1CCCc2ccccc21. The molecule has 0 bridgehead atoms. The average Bonchev–Trinajstić information content (AvgIpc) is 2.46. The van der Waals surface area contributed by atoms with Crippen molar-refractivity contribution in [2.24, 2.45) is 0 Å². The lowest BCUT2D eigenvalue weighted by atomic mass is 9.87. The quantitative estimate of drug-likeness (QED) is 0.828. The van der Waals surface area contributed by atoms with E-state index in [0.717, 1.165) is 19.3 Å². The standard InChI is InChI=1S/C16H24N2O2/c1-2-17-16(20)12-18(10-11-19)15-9-5-7-13-6-3-4-8-14(13)15/h3-4,6,8,15,19H,2,5,7,9-12H2,1H3,(H,17,20). The number of carbonyl (C=O) groups is 1. The Kier molecular flexibility index (Phi) is 5.56. The summed E-state index contributed by atoms with van der Waals surface area (Å²) in [5, 5.41) is 12.1. The summed E-state index contributed by atoms with van der Waals surface area (Å²) in [6, 6.07) is 8.70. The van der Waals surface area contributed by atoms with Crippen LogP contribution in [0.4, 0.5) is 0 Å². The second-order valence-corrected chi connectivity index (χ2v) is 5.25. The Morgan fingerprint density at radius 1 is 1.45 bits per heavy atom. The summed E-state index contributed by atoms with van der Waals surface area (Å²) in [4.78, 5) is 13.9. The third-order valence-electron chi connectivity index (χ3n) is 3.89. The van der Waals surface area contributed by atoms with Gasteiger partial charge in [-0.05, 0) is 37.3 Å². The van der Waals surface area contributed by atoms with Crippen LogP contribution in [0.5, 0.6) is 0 Å². The van der Waals surface area contributed by atoms with Crippen LogP contribution in [-0.4, -0.2) is 42.2 Å². The normalized spacial score (nSPS) is 17.9. The molecule has 110 valence electrons. The summed E-state index contributed by atoms with van der Waals surface area (Å²) in [6.45, 7) is 3.54. The van der Waals surface area contributed by atoms with E-state index in [4.69, 9.17) is 0 Å². The van der Waals surface area contributed by atoms with Crippen LogP contribution in [-0.2, 0) is 11.2 Å². The van der Waals surface area contributed by atoms with Gasteiger partial charge in [-0.2, -0.15) is 0 Å². The van der Waals surface area contributed by atoms with Crippen molar-refractivity contribution < 1.29 is 9.90 Å². The smallest absolute Gasteiger partial charge is 0.234 e. The van der Waals surface area contributed by atoms with Crippen LogP contribution in [0.1, 0.15) is 36.9 Å². The van der Waals surface area contributed by atoms with Gasteiger partial charge in [0.1, 0.15) is 0 Å². The van der Waals surface area contributed by atoms with E-state index in [1.165, 1.54) is 11.1 Å². The van der Waals surface area contributed by atoms with Crippen molar-refractivity contribution in [1.29, 1.82) is 0 Å². The molecule has 0 saturated heterocycles. The van der Waals surface area contributed by atoms with Gasteiger partial charge in [-0.1, -0.05) is 24.3 Å². The summed E-state index contributed by atoms with van der Waals surface area (Å²) in [6.07, 6.45) is 3.30. The third kappa shape index (κ3) is 3.58. The van der Waals surface area contributed by atoms with Gasteiger partial charge in [0.2, 0.25) is 5.91 Å². The van der Waals surface area contributed by atoms with Gasteiger partial charge in [-0.25, -0.2) is 0 Å². The highest BCUT2D eigenvalue weighted by Gasteiger charge is 2.26. The number of hydrogen-bond acceptors (Lipinski definition) is 3. The van der Waals surface area contributed by atoms with Crippen LogP contribution in [0.25, 0.3) is 0 Å². The van der Waals surface area contributed by atoms with Gasteiger partial charge >= 0.3 is 0 Å². The van der Waals surface area contributed by atoms with Gasteiger partial charge < -0.3 is 10.4 Å². The number of carbonyl (C=O) groups excluding carboxylic acids is 1. The van der Waals surface area contributed by atoms with E-state index in [2.05, 4.69) is 34.5 Å². The molecule has 1 unspecified atom stereocenters. The van der Waals surface area contributed by atoms with Crippen molar-refractivity contribution in [2.45, 2.75) is 32.2 Å². The van der Waals surface area contributed by atoms with Gasteiger partial charge in [0, 0.05) is 19.1 Å². The molecule has 1 atom stereocenters. The number of rotatable bonds is 6. The summed E-state index contributed by atoms with van der Waals surface area (Å²) in [5.41, 5.74) is 2.69. The Hall–Kier alpha value is -1.39. The van der Waals surface area contributed by atoms with Crippen molar-refractivity contribution in [3.05, 3.63) is 35.4 Å². The Morgan fingerprint density at radius 3 is 3.00 bits per heavy atom. The summed E-state index contributed by atoms with van der Waals surface area (Å²) in [7, 11) is 0. The largest absolute Gasteiger partial charge is 0.395 e. The first kappa shape index (κ1) is 15.0. The highest BCUT2D eigenvalue weighted by atomic mass is 16.3. The molecule has 0 saturated carbocycles. The Bertz CT molecular complexity index is 448. The topological polar surface area (TPSA) is 52.6 Å². The second kappa shape index (κ2) is 7.41. The zero-order chi connectivity index (χ0) is 14.4. The highest BCUT2D eigenvalue weighted by Crippen LogP contribution is 2.33. The minimum atomic E-state index is 0.0315. The molecule has 2 N–H and O–H groups in total. The van der Waals surface area contributed by atoms with Gasteiger partial charge in [0.25, 0.3) is 0 Å². The first-order valence-electron chi connectivity index (χ1n) is 7.45. The molecule has 0 radical (unpaired) electrons. The van der Waals surface area contributed by atoms with Crippen molar-refractivity contribution in [1.82, 2.24) is 10.2 Å². The Balaban J connectivity index is 2.15. The van der Waals surface area contributed by atoms with E-state index in [0.29, 0.717) is 19.6 Å². The molecule has 0 aliphatic heterocycles. The van der Waals surface area contributed by atoms with E-state index in [1.54, 1.807) is 0 Å². The molecule has 0 spiro atoms. The number of fused-ring (bicyclic) bond motifs is 1. The van der Waals surface area contributed by atoms with Gasteiger partial charge in [0.15, 0.2) is 0 Å². The van der Waals surface area contributed by atoms with Crippen LogP contribution < -0.4 is 5.32 Å². The Labute approximate surface area is 120 Å². The average molecular weight is 276 g/mol. The maximum atomic E-state index is 11.8. The number of nitrogens with one attached hydrogen (secondary N) is 1. The lowest BCUT2D eigenvalue weighted by Gasteiger charge is -2.35. The number of aryl methyl sites for hydroxylation is 1. The van der Waals surface area contributed by atoms with Gasteiger partial charge in [0.05, 0.1) is 13.2 Å². The van der Waals surface area contributed by atoms with Gasteiger partial charge in [-0.3, -0.25) is 9.69 Å².